The summed E-state index contributed by atoms with van der Waals surface area (Å²) in [4.78, 5) is 2.39. The first kappa shape index (κ1) is 17.8. The molecule has 1 aromatic rings. The summed E-state index contributed by atoms with van der Waals surface area (Å²) in [6, 6.07) is 11.1. The van der Waals surface area contributed by atoms with Crippen LogP contribution >= 0.6 is 0 Å². The summed E-state index contributed by atoms with van der Waals surface area (Å²) >= 11 is 0. The van der Waals surface area contributed by atoms with Gasteiger partial charge in [-0.05, 0) is 50.9 Å². The lowest BCUT2D eigenvalue weighted by molar-refractivity contribution is 0.0996. The number of nitrogens with zero attached hydrogens (tertiary/aromatic N) is 1. The van der Waals surface area contributed by atoms with Crippen LogP contribution in [0.15, 0.2) is 30.3 Å². The van der Waals surface area contributed by atoms with Gasteiger partial charge < -0.3 is 15.3 Å². The van der Waals surface area contributed by atoms with E-state index in [0.29, 0.717) is 12.0 Å². The summed E-state index contributed by atoms with van der Waals surface area (Å²) in [5.74, 6) is 1.36. The number of aliphatic hydroxyl groups excluding tert-OH is 1. The second-order valence-corrected chi connectivity index (χ2v) is 7.42. The highest BCUT2D eigenvalue weighted by atomic mass is 16.3. The first-order valence-electron chi connectivity index (χ1n) is 9.37. The highest BCUT2D eigenvalue weighted by Gasteiger charge is 2.28. The molecule has 0 bridgehead atoms. The third-order valence-corrected chi connectivity index (χ3v) is 5.32. The van der Waals surface area contributed by atoms with Crippen molar-refractivity contribution < 1.29 is 5.11 Å². The van der Waals surface area contributed by atoms with Crippen LogP contribution in [-0.2, 0) is 0 Å². The van der Waals surface area contributed by atoms with Gasteiger partial charge in [0.05, 0.1) is 12.1 Å². The molecule has 3 atom stereocenters. The maximum absolute atomic E-state index is 9.49. The van der Waals surface area contributed by atoms with E-state index in [4.69, 9.17) is 0 Å². The average molecular weight is 332 g/mol. The van der Waals surface area contributed by atoms with E-state index >= 15 is 0 Å². The van der Waals surface area contributed by atoms with Crippen molar-refractivity contribution in [1.82, 2.24) is 21.1 Å². The molecule has 2 aliphatic heterocycles. The number of rotatable bonds is 7. The van der Waals surface area contributed by atoms with Gasteiger partial charge in [-0.1, -0.05) is 30.3 Å². The van der Waals surface area contributed by atoms with Gasteiger partial charge in [-0.2, -0.15) is 0 Å². The van der Waals surface area contributed by atoms with Gasteiger partial charge in [0.2, 0.25) is 0 Å². The summed E-state index contributed by atoms with van der Waals surface area (Å²) in [5, 5.41) is 13.2. The van der Waals surface area contributed by atoms with Crippen molar-refractivity contribution in [3.05, 3.63) is 35.9 Å². The maximum atomic E-state index is 9.49. The van der Waals surface area contributed by atoms with Crippen LogP contribution in [0.1, 0.15) is 31.4 Å². The molecule has 0 aromatic heterocycles. The normalized spacial score (nSPS) is 27.4. The Morgan fingerprint density at radius 3 is 2.67 bits per heavy atom. The molecule has 2 fully saturated rings. The zero-order chi connectivity index (χ0) is 16.8. The molecule has 2 aliphatic rings. The van der Waals surface area contributed by atoms with Crippen LogP contribution in [0.2, 0.25) is 0 Å². The van der Waals surface area contributed by atoms with Crippen molar-refractivity contribution in [2.24, 2.45) is 11.8 Å². The Morgan fingerprint density at radius 1 is 1.21 bits per heavy atom. The van der Waals surface area contributed by atoms with E-state index in [-0.39, 0.29) is 6.10 Å². The molecule has 0 radical (unpaired) electrons. The Balaban J connectivity index is 1.38. The highest BCUT2D eigenvalue weighted by molar-refractivity contribution is 5.20. The molecule has 0 amide bonds. The minimum absolute atomic E-state index is 0.211. The average Bonchev–Trinajstić information content (AvgIpc) is 3.05. The zero-order valence-electron chi connectivity index (χ0n) is 14.7. The van der Waals surface area contributed by atoms with Crippen LogP contribution in [0.25, 0.3) is 0 Å². The van der Waals surface area contributed by atoms with Gasteiger partial charge in [-0.3, -0.25) is 5.43 Å². The summed E-state index contributed by atoms with van der Waals surface area (Å²) in [6.07, 6.45) is 2.27. The number of hydrogen-bond acceptors (Lipinski definition) is 5. The number of aliphatic hydroxyl groups is 1. The van der Waals surface area contributed by atoms with Crippen molar-refractivity contribution in [1.29, 1.82) is 0 Å². The van der Waals surface area contributed by atoms with Crippen LogP contribution in [0, 0.1) is 11.8 Å². The van der Waals surface area contributed by atoms with Gasteiger partial charge in [0.1, 0.15) is 0 Å². The van der Waals surface area contributed by atoms with Crippen molar-refractivity contribution in [2.75, 3.05) is 39.3 Å². The molecule has 24 heavy (non-hydrogen) atoms. The van der Waals surface area contributed by atoms with Gasteiger partial charge in [-0.25, -0.2) is 5.43 Å². The molecule has 5 heteroatoms. The van der Waals surface area contributed by atoms with Crippen molar-refractivity contribution in [2.45, 2.75) is 31.9 Å². The third-order valence-electron chi connectivity index (χ3n) is 5.32. The molecule has 0 spiro atoms. The highest BCUT2D eigenvalue weighted by Crippen LogP contribution is 2.24. The van der Waals surface area contributed by atoms with Gasteiger partial charge in [0.15, 0.2) is 0 Å². The summed E-state index contributed by atoms with van der Waals surface area (Å²) < 4.78 is 0. The van der Waals surface area contributed by atoms with Crippen LogP contribution in [0.4, 0.5) is 0 Å². The van der Waals surface area contributed by atoms with E-state index in [1.54, 1.807) is 0 Å². The molecule has 134 valence electrons. The van der Waals surface area contributed by atoms with Crippen LogP contribution < -0.4 is 16.2 Å². The molecule has 1 aromatic carbocycles. The predicted octanol–water partition coefficient (Wildman–Crippen LogP) is 1.13. The van der Waals surface area contributed by atoms with Gasteiger partial charge in [0.25, 0.3) is 0 Å². The van der Waals surface area contributed by atoms with E-state index in [9.17, 15) is 5.11 Å². The standard InChI is InChI=1S/C19H32N4O/c1-15(24)14-23-9-7-16(8-10-23)11-20-12-18-13-21-22-19(18)17-5-3-2-4-6-17/h2-6,15-16,18-22,24H,7-14H2,1H3. The Morgan fingerprint density at radius 2 is 1.96 bits per heavy atom. The first-order valence-corrected chi connectivity index (χ1v) is 9.37. The fourth-order valence-corrected chi connectivity index (χ4v) is 3.96. The molecule has 2 heterocycles. The van der Waals surface area contributed by atoms with Crippen molar-refractivity contribution in [3.8, 4) is 0 Å². The number of nitrogens with one attached hydrogen (secondary N) is 3. The van der Waals surface area contributed by atoms with E-state index in [1.807, 2.05) is 6.92 Å². The van der Waals surface area contributed by atoms with E-state index in [2.05, 4.69) is 51.4 Å². The van der Waals surface area contributed by atoms with Crippen LogP contribution in [-0.4, -0.2) is 55.4 Å². The summed E-state index contributed by atoms with van der Waals surface area (Å²) in [5.41, 5.74) is 8.09. The minimum Gasteiger partial charge on any atom is -0.392 e. The molecular formula is C19H32N4O. The van der Waals surface area contributed by atoms with Crippen molar-refractivity contribution in [3.63, 3.8) is 0 Å². The van der Waals surface area contributed by atoms with Crippen LogP contribution in [0.5, 0.6) is 0 Å². The summed E-state index contributed by atoms with van der Waals surface area (Å²) in [6.45, 7) is 8.11. The lowest BCUT2D eigenvalue weighted by Gasteiger charge is -2.33. The Bertz CT molecular complexity index is 474. The molecule has 3 unspecified atom stereocenters. The lowest BCUT2D eigenvalue weighted by Crippen LogP contribution is -2.41. The van der Waals surface area contributed by atoms with Gasteiger partial charge in [-0.15, -0.1) is 0 Å². The number of benzene rings is 1. The topological polar surface area (TPSA) is 59.6 Å². The monoisotopic (exact) mass is 332 g/mol. The third kappa shape index (κ3) is 5.01. The second-order valence-electron chi connectivity index (χ2n) is 7.42. The predicted molar refractivity (Wildman–Crippen MR) is 97.5 cm³/mol. The summed E-state index contributed by atoms with van der Waals surface area (Å²) in [7, 11) is 0. The smallest absolute Gasteiger partial charge is 0.0639 e. The molecule has 4 N–H and O–H groups in total. The van der Waals surface area contributed by atoms with E-state index in [1.165, 1.54) is 18.4 Å². The van der Waals surface area contributed by atoms with Crippen LogP contribution in [0.3, 0.4) is 0 Å². The number of piperidine rings is 1. The largest absolute Gasteiger partial charge is 0.392 e. The Kier molecular flexibility index (Phi) is 6.63. The zero-order valence-corrected chi connectivity index (χ0v) is 14.7. The fourth-order valence-electron chi connectivity index (χ4n) is 3.96. The quantitative estimate of drug-likeness (QED) is 0.603. The molecule has 0 aliphatic carbocycles. The second kappa shape index (κ2) is 8.92. The molecule has 5 nitrogen and oxygen atoms in total. The number of β-amino-alcohol motifs (C(OH)–C–C–N with tert-alkyl or cyclic N) is 1. The first-order chi connectivity index (χ1) is 11.7. The minimum atomic E-state index is -0.211. The number of hydrogen-bond donors (Lipinski definition) is 4. The Labute approximate surface area is 145 Å². The molecule has 0 saturated carbocycles. The molecule has 3 rings (SSSR count). The SMILES string of the molecule is CC(O)CN1CCC(CNCC2CNNC2c2ccccc2)CC1. The number of hydrazine groups is 1. The maximum Gasteiger partial charge on any atom is 0.0639 e. The van der Waals surface area contributed by atoms with Crippen molar-refractivity contribution >= 4 is 0 Å². The van der Waals surface area contributed by atoms with E-state index in [0.717, 1.165) is 45.2 Å². The molecular weight excluding hydrogens is 300 g/mol. The van der Waals surface area contributed by atoms with Gasteiger partial charge in [0, 0.05) is 25.6 Å². The fraction of sp³-hybridized carbons (Fsp3) is 0.684. The Hall–Kier alpha value is -0.980. The number of likely N-dealkylation sites (tertiary alicyclic amines) is 1. The lowest BCUT2D eigenvalue weighted by atomic mass is 9.93. The van der Waals surface area contributed by atoms with E-state index < -0.39 is 0 Å². The van der Waals surface area contributed by atoms with Gasteiger partial charge >= 0.3 is 0 Å². The molecule has 2 saturated heterocycles.